The first kappa shape index (κ1) is 20.5. The summed E-state index contributed by atoms with van der Waals surface area (Å²) in [4.78, 5) is 14.7. The summed E-state index contributed by atoms with van der Waals surface area (Å²) in [6, 6.07) is 8.15. The average Bonchev–Trinajstić information content (AvgIpc) is 2.92. The van der Waals surface area contributed by atoms with Crippen LogP contribution in [0.4, 0.5) is 0 Å². The number of amides is 1. The number of nitrogens with zero attached hydrogens (tertiary/aromatic N) is 4. The zero-order valence-electron chi connectivity index (χ0n) is 16.7. The third kappa shape index (κ3) is 5.34. The van der Waals surface area contributed by atoms with E-state index in [-0.39, 0.29) is 5.91 Å². The van der Waals surface area contributed by atoms with E-state index in [1.807, 2.05) is 28.5 Å². The number of hydrogen-bond donors (Lipinski definition) is 0. The Balaban J connectivity index is 2.14. The topological polar surface area (TPSA) is 51.0 Å². The van der Waals surface area contributed by atoms with Gasteiger partial charge < -0.3 is 4.90 Å². The number of carbonyl (C=O) groups is 1. The number of para-hydroxylation sites is 1. The molecule has 0 saturated heterocycles. The lowest BCUT2D eigenvalue weighted by Crippen LogP contribution is -2.38. The van der Waals surface area contributed by atoms with Crippen LogP contribution in [-0.2, 0) is 4.79 Å². The molecule has 6 heteroatoms. The normalized spacial score (nSPS) is 11.4. The molecule has 0 spiro atoms. The largest absolute Gasteiger partial charge is 0.341 e. The van der Waals surface area contributed by atoms with Crippen molar-refractivity contribution in [3.8, 4) is 5.69 Å². The summed E-state index contributed by atoms with van der Waals surface area (Å²) >= 11 is 1.46. The van der Waals surface area contributed by atoms with E-state index in [2.05, 4.69) is 56.9 Å². The smallest absolute Gasteiger partial charge is 0.233 e. The highest BCUT2D eigenvalue weighted by atomic mass is 32.2. The Hall–Kier alpha value is -1.82. The number of aromatic nitrogens is 3. The second-order valence-corrected chi connectivity index (χ2v) is 8.47. The first-order valence-electron chi connectivity index (χ1n) is 9.18. The summed E-state index contributed by atoms with van der Waals surface area (Å²) < 4.78 is 2.03. The van der Waals surface area contributed by atoms with E-state index in [1.54, 1.807) is 0 Å². The van der Waals surface area contributed by atoms with E-state index < -0.39 is 0 Å². The van der Waals surface area contributed by atoms with Crippen molar-refractivity contribution in [1.82, 2.24) is 19.7 Å². The standard InChI is InChI=1S/C20H30N4OS/c1-14(2)11-23(12-15(3)4)19(25)13-26-20-22-21-17(6)24(20)18-10-8-7-9-16(18)5/h7-10,14-15H,11-13H2,1-6H3. The zero-order valence-corrected chi connectivity index (χ0v) is 17.5. The monoisotopic (exact) mass is 374 g/mol. The highest BCUT2D eigenvalue weighted by Crippen LogP contribution is 2.24. The summed E-state index contributed by atoms with van der Waals surface area (Å²) in [7, 11) is 0. The van der Waals surface area contributed by atoms with Crippen LogP contribution in [0, 0.1) is 25.7 Å². The van der Waals surface area contributed by atoms with Crippen molar-refractivity contribution in [2.45, 2.75) is 46.7 Å². The van der Waals surface area contributed by atoms with Gasteiger partial charge in [0.15, 0.2) is 5.16 Å². The average molecular weight is 375 g/mol. The molecule has 0 saturated carbocycles. The Morgan fingerprint density at radius 3 is 2.27 bits per heavy atom. The third-order valence-electron chi connectivity index (χ3n) is 4.00. The maximum atomic E-state index is 12.8. The number of benzene rings is 1. The Morgan fingerprint density at radius 2 is 1.69 bits per heavy atom. The van der Waals surface area contributed by atoms with Gasteiger partial charge in [0.25, 0.3) is 0 Å². The molecule has 0 aliphatic carbocycles. The minimum atomic E-state index is 0.161. The van der Waals surface area contributed by atoms with E-state index in [0.29, 0.717) is 17.6 Å². The Bertz CT molecular complexity index is 729. The van der Waals surface area contributed by atoms with Gasteiger partial charge in [0.1, 0.15) is 5.82 Å². The molecular weight excluding hydrogens is 344 g/mol. The maximum Gasteiger partial charge on any atom is 0.233 e. The lowest BCUT2D eigenvalue weighted by atomic mass is 10.1. The molecule has 5 nitrogen and oxygen atoms in total. The molecule has 0 atom stereocenters. The molecule has 0 fully saturated rings. The van der Waals surface area contributed by atoms with Gasteiger partial charge in [0, 0.05) is 13.1 Å². The van der Waals surface area contributed by atoms with Crippen LogP contribution in [0.1, 0.15) is 39.1 Å². The molecule has 142 valence electrons. The van der Waals surface area contributed by atoms with Crippen LogP contribution in [0.3, 0.4) is 0 Å². The van der Waals surface area contributed by atoms with Crippen molar-refractivity contribution >= 4 is 17.7 Å². The molecule has 26 heavy (non-hydrogen) atoms. The lowest BCUT2D eigenvalue weighted by molar-refractivity contribution is -0.129. The highest BCUT2D eigenvalue weighted by Gasteiger charge is 2.19. The van der Waals surface area contributed by atoms with Gasteiger partial charge in [0.05, 0.1) is 11.4 Å². The fourth-order valence-electron chi connectivity index (χ4n) is 2.91. The molecule has 1 heterocycles. The quantitative estimate of drug-likeness (QED) is 0.652. The molecule has 1 aromatic carbocycles. The molecule has 1 aromatic heterocycles. The molecule has 1 amide bonds. The summed E-state index contributed by atoms with van der Waals surface area (Å²) in [6.07, 6.45) is 0. The van der Waals surface area contributed by atoms with Crippen molar-refractivity contribution in [1.29, 1.82) is 0 Å². The van der Waals surface area contributed by atoms with Crippen LogP contribution in [0.15, 0.2) is 29.4 Å². The van der Waals surface area contributed by atoms with Crippen LogP contribution >= 0.6 is 11.8 Å². The van der Waals surface area contributed by atoms with E-state index in [9.17, 15) is 4.79 Å². The predicted octanol–water partition coefficient (Wildman–Crippen LogP) is 4.12. The SMILES string of the molecule is Cc1ccccc1-n1c(C)nnc1SCC(=O)N(CC(C)C)CC(C)C. The Labute approximate surface area is 161 Å². The molecular formula is C20H30N4OS. The molecule has 0 aliphatic rings. The van der Waals surface area contributed by atoms with Crippen molar-refractivity contribution < 1.29 is 4.79 Å². The first-order chi connectivity index (χ1) is 12.3. The number of rotatable bonds is 8. The van der Waals surface area contributed by atoms with Gasteiger partial charge in [0.2, 0.25) is 5.91 Å². The van der Waals surface area contributed by atoms with Crippen LogP contribution in [0.5, 0.6) is 0 Å². The Kier molecular flexibility index (Phi) is 7.26. The van der Waals surface area contributed by atoms with Gasteiger partial charge in [-0.05, 0) is 37.3 Å². The number of hydrogen-bond acceptors (Lipinski definition) is 4. The minimum absolute atomic E-state index is 0.161. The molecule has 2 aromatic rings. The number of aryl methyl sites for hydroxylation is 2. The summed E-state index contributed by atoms with van der Waals surface area (Å²) in [5.74, 6) is 2.29. The second-order valence-electron chi connectivity index (χ2n) is 7.53. The fourth-order valence-corrected chi connectivity index (χ4v) is 3.80. The van der Waals surface area contributed by atoms with Gasteiger partial charge in [-0.3, -0.25) is 9.36 Å². The highest BCUT2D eigenvalue weighted by molar-refractivity contribution is 7.99. The molecule has 0 bridgehead atoms. The van der Waals surface area contributed by atoms with Crippen molar-refractivity contribution in [3.63, 3.8) is 0 Å². The van der Waals surface area contributed by atoms with Crippen LogP contribution in [0.25, 0.3) is 5.69 Å². The molecule has 0 radical (unpaired) electrons. The molecule has 0 unspecified atom stereocenters. The van der Waals surface area contributed by atoms with Gasteiger partial charge in [-0.15, -0.1) is 10.2 Å². The van der Waals surface area contributed by atoms with Gasteiger partial charge in [-0.2, -0.15) is 0 Å². The Morgan fingerprint density at radius 1 is 1.08 bits per heavy atom. The van der Waals surface area contributed by atoms with Crippen molar-refractivity contribution in [2.24, 2.45) is 11.8 Å². The lowest BCUT2D eigenvalue weighted by Gasteiger charge is -2.26. The third-order valence-corrected chi connectivity index (χ3v) is 4.91. The summed E-state index contributed by atoms with van der Waals surface area (Å²) in [5, 5.41) is 9.28. The van der Waals surface area contributed by atoms with Gasteiger partial charge >= 0.3 is 0 Å². The van der Waals surface area contributed by atoms with E-state index >= 15 is 0 Å². The minimum Gasteiger partial charge on any atom is -0.341 e. The summed E-state index contributed by atoms with van der Waals surface area (Å²) in [6.45, 7) is 14.2. The molecule has 0 N–H and O–H groups in total. The zero-order chi connectivity index (χ0) is 19.3. The number of thioether (sulfide) groups is 1. The number of carbonyl (C=O) groups excluding carboxylic acids is 1. The van der Waals surface area contributed by atoms with Gasteiger partial charge in [-0.1, -0.05) is 57.7 Å². The maximum absolute atomic E-state index is 12.8. The first-order valence-corrected chi connectivity index (χ1v) is 10.2. The van der Waals surface area contributed by atoms with E-state index in [0.717, 1.165) is 35.3 Å². The fraction of sp³-hybridized carbons (Fsp3) is 0.550. The van der Waals surface area contributed by atoms with Gasteiger partial charge in [-0.25, -0.2) is 0 Å². The predicted molar refractivity (Wildman–Crippen MR) is 108 cm³/mol. The summed E-state index contributed by atoms with van der Waals surface area (Å²) in [5.41, 5.74) is 2.22. The van der Waals surface area contributed by atoms with Crippen molar-refractivity contribution in [2.75, 3.05) is 18.8 Å². The van der Waals surface area contributed by atoms with Crippen LogP contribution in [0.2, 0.25) is 0 Å². The van der Waals surface area contributed by atoms with Crippen LogP contribution in [-0.4, -0.2) is 44.4 Å². The van der Waals surface area contributed by atoms with E-state index in [4.69, 9.17) is 0 Å². The molecule has 2 rings (SSSR count). The van der Waals surface area contributed by atoms with Crippen LogP contribution < -0.4 is 0 Å². The molecule has 0 aliphatic heterocycles. The van der Waals surface area contributed by atoms with E-state index in [1.165, 1.54) is 11.8 Å². The van der Waals surface area contributed by atoms with Crippen molar-refractivity contribution in [3.05, 3.63) is 35.7 Å². The second kappa shape index (κ2) is 9.21.